The van der Waals surface area contributed by atoms with Crippen molar-refractivity contribution in [1.82, 2.24) is 5.32 Å². The number of unbranched alkanes of at least 4 members (excludes halogenated alkanes) is 2. The van der Waals surface area contributed by atoms with E-state index in [1.165, 1.54) is 6.07 Å². The van der Waals surface area contributed by atoms with Crippen molar-refractivity contribution in [3.8, 4) is 5.75 Å². The van der Waals surface area contributed by atoms with Gasteiger partial charge in [-0.3, -0.25) is 0 Å². The predicted molar refractivity (Wildman–Crippen MR) is 112 cm³/mol. The molecule has 0 amide bonds. The highest BCUT2D eigenvalue weighted by Crippen LogP contribution is 2.30. The van der Waals surface area contributed by atoms with E-state index in [0.717, 1.165) is 47.9 Å². The Labute approximate surface area is 170 Å². The molecule has 0 aliphatic rings. The molecule has 0 saturated carbocycles. The third-order valence-electron chi connectivity index (χ3n) is 4.74. The van der Waals surface area contributed by atoms with Crippen LogP contribution >= 0.6 is 11.6 Å². The largest absolute Gasteiger partial charge is 0.488 e. The van der Waals surface area contributed by atoms with Gasteiger partial charge in [-0.15, -0.1) is 0 Å². The number of fused-ring (bicyclic) bond motifs is 1. The van der Waals surface area contributed by atoms with Gasteiger partial charge in [0.1, 0.15) is 18.2 Å². The SMILES string of the molecule is OCCCCCNCc1c(OCc2c(F)cccc2Cl)ccc2ccccc12. The summed E-state index contributed by atoms with van der Waals surface area (Å²) in [6.07, 6.45) is 2.83. The summed E-state index contributed by atoms with van der Waals surface area (Å²) < 4.78 is 20.1. The minimum absolute atomic E-state index is 0.0767. The van der Waals surface area contributed by atoms with Crippen LogP contribution in [0.15, 0.2) is 54.6 Å². The van der Waals surface area contributed by atoms with Crippen LogP contribution in [0.2, 0.25) is 5.02 Å². The molecule has 3 nitrogen and oxygen atoms in total. The van der Waals surface area contributed by atoms with Crippen LogP contribution in [0.25, 0.3) is 10.8 Å². The highest BCUT2D eigenvalue weighted by molar-refractivity contribution is 6.31. The van der Waals surface area contributed by atoms with Gasteiger partial charge in [0, 0.05) is 24.3 Å². The van der Waals surface area contributed by atoms with E-state index in [0.29, 0.717) is 17.1 Å². The zero-order chi connectivity index (χ0) is 19.8. The molecule has 0 radical (unpaired) electrons. The Balaban J connectivity index is 1.77. The quantitative estimate of drug-likeness (QED) is 0.443. The molecule has 2 N–H and O–H groups in total. The first-order valence-electron chi connectivity index (χ1n) is 9.58. The van der Waals surface area contributed by atoms with Crippen LogP contribution in [0.1, 0.15) is 30.4 Å². The van der Waals surface area contributed by atoms with Crippen molar-refractivity contribution in [2.75, 3.05) is 13.2 Å². The number of halogens is 2. The van der Waals surface area contributed by atoms with E-state index in [1.54, 1.807) is 12.1 Å². The van der Waals surface area contributed by atoms with E-state index < -0.39 is 0 Å². The molecule has 0 aliphatic heterocycles. The molecule has 0 unspecified atom stereocenters. The predicted octanol–water partition coefficient (Wildman–Crippen LogP) is 5.46. The molecule has 0 aliphatic carbocycles. The molecule has 0 saturated heterocycles. The Morgan fingerprint density at radius 3 is 2.61 bits per heavy atom. The van der Waals surface area contributed by atoms with E-state index in [2.05, 4.69) is 17.4 Å². The van der Waals surface area contributed by atoms with Crippen LogP contribution in [-0.4, -0.2) is 18.3 Å². The lowest BCUT2D eigenvalue weighted by Crippen LogP contribution is -2.16. The van der Waals surface area contributed by atoms with Crippen molar-refractivity contribution in [3.05, 3.63) is 76.6 Å². The summed E-state index contributed by atoms with van der Waals surface area (Å²) in [6, 6.07) is 16.7. The third kappa shape index (κ3) is 5.22. The lowest BCUT2D eigenvalue weighted by Gasteiger charge is -2.16. The van der Waals surface area contributed by atoms with Crippen LogP contribution in [0.5, 0.6) is 5.75 Å². The highest BCUT2D eigenvalue weighted by atomic mass is 35.5. The fourth-order valence-corrected chi connectivity index (χ4v) is 3.42. The Kier molecular flexibility index (Phi) is 7.66. The van der Waals surface area contributed by atoms with Gasteiger partial charge in [0.05, 0.1) is 5.02 Å². The lowest BCUT2D eigenvalue weighted by molar-refractivity contribution is 0.282. The molecule has 5 heteroatoms. The van der Waals surface area contributed by atoms with E-state index in [1.807, 2.05) is 24.3 Å². The molecule has 0 atom stereocenters. The third-order valence-corrected chi connectivity index (χ3v) is 5.10. The van der Waals surface area contributed by atoms with Crippen molar-refractivity contribution >= 4 is 22.4 Å². The van der Waals surface area contributed by atoms with Gasteiger partial charge in [-0.2, -0.15) is 0 Å². The van der Waals surface area contributed by atoms with Crippen molar-refractivity contribution in [2.45, 2.75) is 32.4 Å². The molecule has 28 heavy (non-hydrogen) atoms. The summed E-state index contributed by atoms with van der Waals surface area (Å²) >= 11 is 6.12. The first-order chi connectivity index (χ1) is 13.7. The maximum absolute atomic E-state index is 14.1. The Morgan fingerprint density at radius 1 is 0.929 bits per heavy atom. The van der Waals surface area contributed by atoms with Crippen molar-refractivity contribution in [3.63, 3.8) is 0 Å². The van der Waals surface area contributed by atoms with Gasteiger partial charge in [0.25, 0.3) is 0 Å². The molecule has 148 valence electrons. The number of hydrogen-bond acceptors (Lipinski definition) is 3. The summed E-state index contributed by atoms with van der Waals surface area (Å²) in [7, 11) is 0. The normalized spacial score (nSPS) is 11.1. The maximum atomic E-state index is 14.1. The minimum Gasteiger partial charge on any atom is -0.488 e. The van der Waals surface area contributed by atoms with Gasteiger partial charge in [-0.05, 0) is 54.8 Å². The van der Waals surface area contributed by atoms with Crippen LogP contribution in [0.3, 0.4) is 0 Å². The number of rotatable bonds is 10. The number of aliphatic hydroxyl groups is 1. The highest BCUT2D eigenvalue weighted by Gasteiger charge is 2.12. The van der Waals surface area contributed by atoms with Crippen LogP contribution in [0.4, 0.5) is 4.39 Å². The van der Waals surface area contributed by atoms with Crippen LogP contribution < -0.4 is 10.1 Å². The molecule has 3 aromatic rings. The molecule has 0 aromatic heterocycles. The van der Waals surface area contributed by atoms with Gasteiger partial charge in [-0.25, -0.2) is 4.39 Å². The number of ether oxygens (including phenoxy) is 1. The van der Waals surface area contributed by atoms with Gasteiger partial charge in [-0.1, -0.05) is 48.0 Å². The summed E-state index contributed by atoms with van der Waals surface area (Å²) in [5, 5.41) is 14.9. The monoisotopic (exact) mass is 401 g/mol. The van der Waals surface area contributed by atoms with Gasteiger partial charge >= 0.3 is 0 Å². The second-order valence-electron chi connectivity index (χ2n) is 6.71. The average Bonchev–Trinajstić information content (AvgIpc) is 2.71. The van der Waals surface area contributed by atoms with Gasteiger partial charge in [0.2, 0.25) is 0 Å². The maximum Gasteiger partial charge on any atom is 0.131 e. The fraction of sp³-hybridized carbons (Fsp3) is 0.304. The summed E-state index contributed by atoms with van der Waals surface area (Å²) in [5.41, 5.74) is 1.41. The fourth-order valence-electron chi connectivity index (χ4n) is 3.21. The summed E-state index contributed by atoms with van der Waals surface area (Å²) in [6.45, 7) is 1.83. The lowest BCUT2D eigenvalue weighted by atomic mass is 10.0. The number of aliphatic hydroxyl groups excluding tert-OH is 1. The standard InChI is InChI=1S/C23H25ClFNO2/c24-21-9-6-10-22(25)20(21)16-28-23-12-11-17-7-2-3-8-18(17)19(23)15-26-13-4-1-5-14-27/h2-3,6-12,26-27H,1,4-5,13-16H2. The molecule has 0 spiro atoms. The first-order valence-corrected chi connectivity index (χ1v) is 9.96. The molecule has 0 bridgehead atoms. The number of benzene rings is 3. The Hall–Kier alpha value is -2.14. The van der Waals surface area contributed by atoms with E-state index in [9.17, 15) is 4.39 Å². The van der Waals surface area contributed by atoms with E-state index in [4.69, 9.17) is 21.4 Å². The zero-order valence-electron chi connectivity index (χ0n) is 15.8. The number of nitrogens with one attached hydrogen (secondary N) is 1. The molecular formula is C23H25ClFNO2. The van der Waals surface area contributed by atoms with E-state index in [-0.39, 0.29) is 19.0 Å². The first kappa shape index (κ1) is 20.6. The van der Waals surface area contributed by atoms with Gasteiger partial charge < -0.3 is 15.2 Å². The molecule has 3 aromatic carbocycles. The minimum atomic E-state index is -0.364. The van der Waals surface area contributed by atoms with Crippen molar-refractivity contribution in [2.24, 2.45) is 0 Å². The molecule has 0 fully saturated rings. The van der Waals surface area contributed by atoms with Crippen molar-refractivity contribution < 1.29 is 14.2 Å². The summed E-state index contributed by atoms with van der Waals surface area (Å²) in [5.74, 6) is 0.359. The molecular weight excluding hydrogens is 377 g/mol. The zero-order valence-corrected chi connectivity index (χ0v) is 16.5. The molecule has 3 rings (SSSR count). The number of hydrogen-bond donors (Lipinski definition) is 2. The second-order valence-corrected chi connectivity index (χ2v) is 7.12. The molecule has 0 heterocycles. The topological polar surface area (TPSA) is 41.5 Å². The van der Waals surface area contributed by atoms with Gasteiger partial charge in [0.15, 0.2) is 0 Å². The second kappa shape index (κ2) is 10.4. The van der Waals surface area contributed by atoms with E-state index >= 15 is 0 Å². The van der Waals surface area contributed by atoms with Crippen LogP contribution in [-0.2, 0) is 13.2 Å². The Bertz CT molecular complexity index is 896. The van der Waals surface area contributed by atoms with Crippen LogP contribution in [0, 0.1) is 5.82 Å². The Morgan fingerprint density at radius 2 is 1.79 bits per heavy atom. The smallest absolute Gasteiger partial charge is 0.131 e. The average molecular weight is 402 g/mol. The summed E-state index contributed by atoms with van der Waals surface area (Å²) in [4.78, 5) is 0. The van der Waals surface area contributed by atoms with Crippen molar-refractivity contribution in [1.29, 1.82) is 0 Å².